The zero-order valence-electron chi connectivity index (χ0n) is 37.9. The molecule has 0 radical (unpaired) electrons. The zero-order chi connectivity index (χ0) is 43.2. The maximum Gasteiger partial charge on any atom is 0.341 e. The summed E-state index contributed by atoms with van der Waals surface area (Å²) < 4.78 is 25.1. The lowest BCUT2D eigenvalue weighted by molar-refractivity contribution is -0.176. The molecule has 4 aromatic carbocycles. The molecular weight excluding hydrogens is 769 g/mol. The van der Waals surface area contributed by atoms with Gasteiger partial charge >= 0.3 is 11.9 Å². The Bertz CT molecular complexity index is 1760. The highest BCUT2D eigenvalue weighted by atomic mass is 16.7. The molecule has 6 rings (SSSR count). The van der Waals surface area contributed by atoms with Gasteiger partial charge in [-0.25, -0.2) is 9.59 Å². The van der Waals surface area contributed by atoms with Crippen LogP contribution >= 0.6 is 0 Å². The Morgan fingerprint density at radius 3 is 1.27 bits per heavy atom. The molecule has 6 heteroatoms. The fourth-order valence-electron chi connectivity index (χ4n) is 10.1. The van der Waals surface area contributed by atoms with Gasteiger partial charge in [0, 0.05) is 5.56 Å². The summed E-state index contributed by atoms with van der Waals surface area (Å²) in [5.41, 5.74) is 2.10. The molecule has 2 saturated carbocycles. The number of carbonyl (C=O) groups excluding carboxylic acids is 2. The van der Waals surface area contributed by atoms with Crippen molar-refractivity contribution in [3.8, 4) is 11.5 Å². The minimum absolute atomic E-state index is 0.124. The molecule has 0 bridgehead atoms. The predicted octanol–water partition coefficient (Wildman–Crippen LogP) is 14.9. The van der Waals surface area contributed by atoms with Crippen molar-refractivity contribution >= 4 is 11.9 Å². The molecule has 0 heterocycles. The molecule has 6 nitrogen and oxygen atoms in total. The maximum absolute atomic E-state index is 14.1. The highest BCUT2D eigenvalue weighted by Crippen LogP contribution is 2.38. The quantitative estimate of drug-likeness (QED) is 0.0376. The first kappa shape index (κ1) is 46.9. The SMILES string of the molecule is CCCCCC1CCCCC1CCCOc1ccc(C(=O)OC(Cc2ccccc2)(OC(=O)c2ccc(OCCCC3CCCCC3CCCCC)cc2)c2ccccc2)cc1. The molecule has 0 N–H and O–H groups in total. The molecule has 0 amide bonds. The van der Waals surface area contributed by atoms with Crippen molar-refractivity contribution in [1.29, 1.82) is 0 Å². The Balaban J connectivity index is 1.08. The number of ether oxygens (including phenoxy) is 4. The van der Waals surface area contributed by atoms with Crippen LogP contribution in [0.3, 0.4) is 0 Å². The van der Waals surface area contributed by atoms with Crippen molar-refractivity contribution in [3.63, 3.8) is 0 Å². The van der Waals surface area contributed by atoms with E-state index in [1.54, 1.807) is 24.3 Å². The number of carbonyl (C=O) groups is 2. The number of esters is 2. The van der Waals surface area contributed by atoms with E-state index in [1.807, 2.05) is 84.9 Å². The predicted molar refractivity (Wildman–Crippen MR) is 251 cm³/mol. The summed E-state index contributed by atoms with van der Waals surface area (Å²) >= 11 is 0. The zero-order valence-corrected chi connectivity index (χ0v) is 37.9. The van der Waals surface area contributed by atoms with E-state index in [9.17, 15) is 9.59 Å². The second-order valence-electron chi connectivity index (χ2n) is 18.2. The molecule has 4 atom stereocenters. The van der Waals surface area contributed by atoms with Crippen LogP contribution in [-0.4, -0.2) is 25.2 Å². The van der Waals surface area contributed by atoms with Crippen LogP contribution in [-0.2, 0) is 21.7 Å². The van der Waals surface area contributed by atoms with Gasteiger partial charge in [-0.15, -0.1) is 0 Å². The van der Waals surface area contributed by atoms with E-state index in [4.69, 9.17) is 18.9 Å². The normalized spacial score (nSPS) is 19.8. The summed E-state index contributed by atoms with van der Waals surface area (Å²) in [4.78, 5) is 28.2. The molecule has 2 aliphatic carbocycles. The molecule has 0 aliphatic heterocycles. The standard InChI is InChI=1S/C56H74O6/c1-3-5-9-23-45-25-15-17-27-47(45)29-19-41-59-52-37-33-49(34-38-52)54(57)61-56(51-31-13-8-14-32-51,43-44-21-11-7-12-22-44)62-55(58)50-35-39-53(40-36-50)60-42-20-30-48-28-18-16-26-46(48)24-10-6-4-2/h7-8,11-14,21-22,31-40,45-48H,3-6,9-10,15-20,23-30,41-43H2,1-2H3. The molecular formula is C56H74O6. The smallest absolute Gasteiger partial charge is 0.341 e. The second kappa shape index (κ2) is 25.5. The van der Waals surface area contributed by atoms with Crippen molar-refractivity contribution in [2.45, 2.75) is 154 Å². The van der Waals surface area contributed by atoms with Gasteiger partial charge in [0.05, 0.1) is 30.8 Å². The number of hydrogen-bond donors (Lipinski definition) is 0. The summed E-state index contributed by atoms with van der Waals surface area (Å²) in [5.74, 6) is 1.84. The molecule has 4 aromatic rings. The first-order chi connectivity index (χ1) is 30.5. The van der Waals surface area contributed by atoms with E-state index < -0.39 is 17.7 Å². The molecule has 2 fully saturated rings. The van der Waals surface area contributed by atoms with Crippen LogP contribution < -0.4 is 9.47 Å². The largest absolute Gasteiger partial charge is 0.494 e. The second-order valence-corrected chi connectivity index (χ2v) is 18.2. The molecule has 2 aliphatic rings. The van der Waals surface area contributed by atoms with Crippen LogP contribution in [0.4, 0.5) is 0 Å². The summed E-state index contributed by atoms with van der Waals surface area (Å²) in [6.45, 7) is 5.87. The first-order valence-corrected chi connectivity index (χ1v) is 24.5. The van der Waals surface area contributed by atoms with E-state index in [2.05, 4.69) is 13.8 Å². The van der Waals surface area contributed by atoms with Crippen LogP contribution in [0.15, 0.2) is 109 Å². The van der Waals surface area contributed by atoms with Gasteiger partial charge in [0.15, 0.2) is 0 Å². The van der Waals surface area contributed by atoms with Gasteiger partial charge < -0.3 is 18.9 Å². The minimum atomic E-state index is -1.75. The number of benzene rings is 4. The van der Waals surface area contributed by atoms with E-state index in [-0.39, 0.29) is 6.42 Å². The van der Waals surface area contributed by atoms with Gasteiger partial charge in [0.25, 0.3) is 5.79 Å². The molecule has 0 spiro atoms. The Morgan fingerprint density at radius 1 is 0.484 bits per heavy atom. The van der Waals surface area contributed by atoms with E-state index in [1.165, 1.54) is 116 Å². The monoisotopic (exact) mass is 843 g/mol. The Kier molecular flexibility index (Phi) is 19.3. The fraction of sp³-hybridized carbons (Fsp3) is 0.536. The summed E-state index contributed by atoms with van der Waals surface area (Å²) in [6.07, 6.45) is 26.2. The van der Waals surface area contributed by atoms with Crippen LogP contribution in [0.2, 0.25) is 0 Å². The van der Waals surface area contributed by atoms with Crippen LogP contribution in [0.1, 0.15) is 174 Å². The topological polar surface area (TPSA) is 71.1 Å². The number of rotatable bonds is 25. The van der Waals surface area contributed by atoms with Gasteiger partial charge in [-0.2, -0.15) is 0 Å². The van der Waals surface area contributed by atoms with E-state index in [0.717, 1.165) is 53.6 Å². The summed E-state index contributed by atoms with van der Waals surface area (Å²) in [6, 6.07) is 33.1. The van der Waals surface area contributed by atoms with Crippen molar-refractivity contribution in [3.05, 3.63) is 131 Å². The minimum Gasteiger partial charge on any atom is -0.494 e. The highest BCUT2D eigenvalue weighted by Gasteiger charge is 2.42. The molecule has 334 valence electrons. The average molecular weight is 843 g/mol. The van der Waals surface area contributed by atoms with E-state index >= 15 is 0 Å². The molecule has 0 saturated heterocycles. The Labute approximate surface area is 373 Å². The van der Waals surface area contributed by atoms with Gasteiger partial charge in [-0.1, -0.05) is 177 Å². The third-order valence-corrected chi connectivity index (χ3v) is 13.7. The van der Waals surface area contributed by atoms with Crippen molar-refractivity contribution in [1.82, 2.24) is 0 Å². The number of hydrogen-bond acceptors (Lipinski definition) is 6. The van der Waals surface area contributed by atoms with Gasteiger partial charge in [-0.05, 0) is 103 Å². The summed E-state index contributed by atoms with van der Waals surface area (Å²) in [7, 11) is 0. The lowest BCUT2D eigenvalue weighted by Gasteiger charge is -2.33. The van der Waals surface area contributed by atoms with E-state index in [0.29, 0.717) is 29.9 Å². The van der Waals surface area contributed by atoms with Crippen LogP contribution in [0, 0.1) is 23.7 Å². The first-order valence-electron chi connectivity index (χ1n) is 24.5. The van der Waals surface area contributed by atoms with Crippen molar-refractivity contribution in [2.24, 2.45) is 23.7 Å². The summed E-state index contributed by atoms with van der Waals surface area (Å²) in [5, 5.41) is 0. The van der Waals surface area contributed by atoms with Crippen LogP contribution in [0.5, 0.6) is 11.5 Å². The fourth-order valence-corrected chi connectivity index (χ4v) is 10.1. The number of unbranched alkanes of at least 4 members (excludes halogenated alkanes) is 4. The Morgan fingerprint density at radius 2 is 0.871 bits per heavy atom. The third-order valence-electron chi connectivity index (χ3n) is 13.7. The van der Waals surface area contributed by atoms with Crippen LogP contribution in [0.25, 0.3) is 0 Å². The average Bonchev–Trinajstić information content (AvgIpc) is 3.31. The van der Waals surface area contributed by atoms with Crippen molar-refractivity contribution in [2.75, 3.05) is 13.2 Å². The van der Waals surface area contributed by atoms with Gasteiger partial charge in [-0.3, -0.25) is 0 Å². The lowest BCUT2D eigenvalue weighted by Crippen LogP contribution is -2.40. The van der Waals surface area contributed by atoms with Gasteiger partial charge in [0.1, 0.15) is 11.5 Å². The molecule has 0 aromatic heterocycles. The maximum atomic E-state index is 14.1. The highest BCUT2D eigenvalue weighted by molar-refractivity contribution is 5.91. The Hall–Kier alpha value is -4.58. The lowest BCUT2D eigenvalue weighted by atomic mass is 9.74. The molecule has 62 heavy (non-hydrogen) atoms. The van der Waals surface area contributed by atoms with Crippen molar-refractivity contribution < 1.29 is 28.5 Å². The van der Waals surface area contributed by atoms with Gasteiger partial charge in [0.2, 0.25) is 0 Å². The molecule has 4 unspecified atom stereocenters. The third kappa shape index (κ3) is 14.5.